The smallest absolute Gasteiger partial charge is 0.283 e. The van der Waals surface area contributed by atoms with Gasteiger partial charge in [0.25, 0.3) is 10.1 Å². The van der Waals surface area contributed by atoms with Crippen molar-refractivity contribution in [1.29, 1.82) is 0 Å². The Morgan fingerprint density at radius 1 is 0.759 bits per heavy atom. The van der Waals surface area contributed by atoms with Crippen LogP contribution in [0.5, 0.6) is 11.5 Å². The first-order valence-corrected chi connectivity index (χ1v) is 10.8. The molecular formula is C19H12Cl4O5S. The zero-order valence-corrected chi connectivity index (χ0v) is 18.1. The molecule has 0 bridgehead atoms. The van der Waals surface area contributed by atoms with Gasteiger partial charge in [-0.05, 0) is 42.0 Å². The number of hydrogen-bond donors (Lipinski definition) is 3. The lowest BCUT2D eigenvalue weighted by Gasteiger charge is -2.34. The molecule has 3 rings (SSSR count). The highest BCUT2D eigenvalue weighted by Gasteiger charge is 2.51. The van der Waals surface area contributed by atoms with Gasteiger partial charge in [-0.25, -0.2) is 0 Å². The number of hydrogen-bond acceptors (Lipinski definition) is 4. The van der Waals surface area contributed by atoms with E-state index in [1.807, 2.05) is 0 Å². The van der Waals surface area contributed by atoms with Crippen LogP contribution in [0.25, 0.3) is 0 Å². The molecule has 29 heavy (non-hydrogen) atoms. The van der Waals surface area contributed by atoms with Crippen molar-refractivity contribution in [2.45, 2.75) is 4.75 Å². The fourth-order valence-electron chi connectivity index (χ4n) is 3.22. The summed E-state index contributed by atoms with van der Waals surface area (Å²) >= 11 is 24.4. The van der Waals surface area contributed by atoms with E-state index in [-0.39, 0.29) is 42.5 Å². The van der Waals surface area contributed by atoms with Crippen LogP contribution in [0.3, 0.4) is 0 Å². The quantitative estimate of drug-likeness (QED) is 0.311. The van der Waals surface area contributed by atoms with E-state index in [1.54, 1.807) is 0 Å². The standard InChI is InChI=1S/C19H12Cl4O5S/c20-11-4-5-14(16(22)8-11)19(29(26,27)28,10-2-1-3-13(24)6-10)15-7-12(21)9-17(23)18(15)25/h1-9,24-25H,(H,26,27,28). The summed E-state index contributed by atoms with van der Waals surface area (Å²) in [6.07, 6.45) is 0. The normalized spacial score (nSPS) is 13.8. The van der Waals surface area contributed by atoms with Crippen molar-refractivity contribution < 1.29 is 23.2 Å². The van der Waals surface area contributed by atoms with Crippen LogP contribution in [0.2, 0.25) is 20.1 Å². The minimum absolute atomic E-state index is 0.000985. The Morgan fingerprint density at radius 3 is 2.00 bits per heavy atom. The van der Waals surface area contributed by atoms with Crippen molar-refractivity contribution in [1.82, 2.24) is 0 Å². The second-order valence-electron chi connectivity index (χ2n) is 6.11. The summed E-state index contributed by atoms with van der Waals surface area (Å²) < 4.78 is 33.9. The third kappa shape index (κ3) is 3.77. The van der Waals surface area contributed by atoms with Gasteiger partial charge in [-0.2, -0.15) is 8.42 Å². The van der Waals surface area contributed by atoms with Crippen LogP contribution < -0.4 is 0 Å². The minimum Gasteiger partial charge on any atom is -0.508 e. The summed E-state index contributed by atoms with van der Waals surface area (Å²) in [6, 6.07) is 11.4. The average Bonchev–Trinajstić information content (AvgIpc) is 2.60. The lowest BCUT2D eigenvalue weighted by molar-refractivity contribution is 0.439. The number of benzene rings is 3. The van der Waals surface area contributed by atoms with Crippen LogP contribution in [-0.2, 0) is 14.9 Å². The molecule has 3 N–H and O–H groups in total. The molecule has 0 fully saturated rings. The predicted molar refractivity (Wildman–Crippen MR) is 114 cm³/mol. The van der Waals surface area contributed by atoms with Gasteiger partial charge in [0.2, 0.25) is 0 Å². The minimum atomic E-state index is -5.11. The number of aromatic hydroxyl groups is 2. The highest BCUT2D eigenvalue weighted by Crippen LogP contribution is 2.51. The molecule has 0 aliphatic rings. The first kappa shape index (κ1) is 22.0. The van der Waals surface area contributed by atoms with Crippen molar-refractivity contribution in [3.05, 3.63) is 91.4 Å². The molecule has 0 aromatic heterocycles. The van der Waals surface area contributed by atoms with Crippen molar-refractivity contribution in [2.24, 2.45) is 0 Å². The maximum absolute atomic E-state index is 13.0. The Hall–Kier alpha value is -1.67. The molecule has 0 aliphatic heterocycles. The van der Waals surface area contributed by atoms with Crippen LogP contribution >= 0.6 is 46.4 Å². The fourth-order valence-corrected chi connectivity index (χ4v) is 5.63. The highest BCUT2D eigenvalue weighted by atomic mass is 35.5. The Labute approximate surface area is 186 Å². The summed E-state index contributed by atoms with van der Waals surface area (Å²) in [5, 5.41) is 20.5. The van der Waals surface area contributed by atoms with Gasteiger partial charge in [-0.15, -0.1) is 0 Å². The summed E-state index contributed by atoms with van der Waals surface area (Å²) in [5.41, 5.74) is -0.601. The van der Waals surface area contributed by atoms with Crippen molar-refractivity contribution >= 4 is 56.5 Å². The van der Waals surface area contributed by atoms with Gasteiger partial charge in [0.1, 0.15) is 11.5 Å². The number of halogens is 4. The van der Waals surface area contributed by atoms with Crippen molar-refractivity contribution in [2.75, 3.05) is 0 Å². The monoisotopic (exact) mass is 492 g/mol. The van der Waals surface area contributed by atoms with E-state index in [1.165, 1.54) is 42.5 Å². The van der Waals surface area contributed by atoms with Crippen LogP contribution in [0.4, 0.5) is 0 Å². The van der Waals surface area contributed by atoms with Crippen LogP contribution in [-0.4, -0.2) is 23.2 Å². The van der Waals surface area contributed by atoms with E-state index in [0.717, 1.165) is 12.1 Å². The van der Waals surface area contributed by atoms with Crippen LogP contribution in [0, 0.1) is 0 Å². The zero-order chi connectivity index (χ0) is 21.6. The Bertz CT molecular complexity index is 1210. The summed E-state index contributed by atoms with van der Waals surface area (Å²) in [5.74, 6) is -0.920. The number of phenolic OH excluding ortho intramolecular Hbond substituents is 2. The molecule has 0 saturated carbocycles. The molecule has 0 amide bonds. The molecule has 0 spiro atoms. The van der Waals surface area contributed by atoms with Gasteiger partial charge in [0, 0.05) is 26.2 Å². The third-order valence-corrected chi connectivity index (χ3v) is 6.86. The molecule has 1 unspecified atom stereocenters. The second kappa shape index (κ2) is 7.87. The SMILES string of the molecule is O=S(=O)(O)C(c1cccc(O)c1)(c1ccc(Cl)cc1Cl)c1cc(Cl)cc(Cl)c1O. The number of phenols is 2. The predicted octanol–water partition coefficient (Wildman–Crippen LogP) is 5.89. The topological polar surface area (TPSA) is 94.8 Å². The molecule has 152 valence electrons. The van der Waals surface area contributed by atoms with Crippen molar-refractivity contribution in [3.63, 3.8) is 0 Å². The molecule has 0 heterocycles. The van der Waals surface area contributed by atoms with E-state index in [4.69, 9.17) is 46.4 Å². The Balaban J connectivity index is 2.63. The Morgan fingerprint density at radius 2 is 1.41 bits per heavy atom. The highest BCUT2D eigenvalue weighted by molar-refractivity contribution is 7.87. The molecule has 3 aromatic rings. The molecule has 0 aliphatic carbocycles. The van der Waals surface area contributed by atoms with Crippen LogP contribution in [0.1, 0.15) is 16.7 Å². The van der Waals surface area contributed by atoms with Gasteiger partial charge in [0.15, 0.2) is 4.75 Å². The molecular weight excluding hydrogens is 482 g/mol. The zero-order valence-electron chi connectivity index (χ0n) is 14.3. The lowest BCUT2D eigenvalue weighted by atomic mass is 9.83. The average molecular weight is 494 g/mol. The molecule has 0 saturated heterocycles. The first-order valence-electron chi connectivity index (χ1n) is 7.89. The van der Waals surface area contributed by atoms with Gasteiger partial charge >= 0.3 is 0 Å². The lowest BCUT2D eigenvalue weighted by Crippen LogP contribution is -2.38. The van der Waals surface area contributed by atoms with E-state index in [0.29, 0.717) is 0 Å². The summed E-state index contributed by atoms with van der Waals surface area (Å²) in [6.45, 7) is 0. The summed E-state index contributed by atoms with van der Waals surface area (Å²) in [7, 11) is -5.11. The largest absolute Gasteiger partial charge is 0.508 e. The summed E-state index contributed by atoms with van der Waals surface area (Å²) in [4.78, 5) is 0. The van der Waals surface area contributed by atoms with Gasteiger partial charge in [0.05, 0.1) is 5.02 Å². The molecule has 0 radical (unpaired) electrons. The van der Waals surface area contributed by atoms with E-state index >= 15 is 0 Å². The molecule has 3 aromatic carbocycles. The number of rotatable bonds is 4. The maximum atomic E-state index is 13.0. The molecule has 5 nitrogen and oxygen atoms in total. The third-order valence-electron chi connectivity index (χ3n) is 4.36. The molecule has 10 heteroatoms. The van der Waals surface area contributed by atoms with Crippen LogP contribution in [0.15, 0.2) is 54.6 Å². The van der Waals surface area contributed by atoms with E-state index in [9.17, 15) is 23.2 Å². The van der Waals surface area contributed by atoms with E-state index in [2.05, 4.69) is 0 Å². The Kier molecular flexibility index (Phi) is 5.98. The fraction of sp³-hybridized carbons (Fsp3) is 0.0526. The maximum Gasteiger partial charge on any atom is 0.283 e. The van der Waals surface area contributed by atoms with Gasteiger partial charge in [-0.1, -0.05) is 64.6 Å². The van der Waals surface area contributed by atoms with Crippen molar-refractivity contribution in [3.8, 4) is 11.5 Å². The molecule has 1 atom stereocenters. The first-order chi connectivity index (χ1) is 13.5. The van der Waals surface area contributed by atoms with Gasteiger partial charge < -0.3 is 10.2 Å². The second-order valence-corrected chi connectivity index (χ2v) is 9.36. The van der Waals surface area contributed by atoms with Gasteiger partial charge in [-0.3, -0.25) is 4.55 Å². The van der Waals surface area contributed by atoms with E-state index < -0.39 is 20.6 Å².